The van der Waals surface area contributed by atoms with Gasteiger partial charge in [-0.2, -0.15) is 8.78 Å². The summed E-state index contributed by atoms with van der Waals surface area (Å²) in [6.45, 7) is 0.700. The summed E-state index contributed by atoms with van der Waals surface area (Å²) >= 11 is 11.8. The Morgan fingerprint density at radius 2 is 2.05 bits per heavy atom. The fourth-order valence-electron chi connectivity index (χ4n) is 2.31. The van der Waals surface area contributed by atoms with Crippen LogP contribution in [0.1, 0.15) is 18.2 Å². The number of benzene rings is 1. The van der Waals surface area contributed by atoms with Crippen LogP contribution in [0, 0.1) is 0 Å². The molecule has 1 amide bonds. The number of fused-ring (bicyclic) bond motifs is 1. The minimum absolute atomic E-state index is 0.135. The Bertz CT molecular complexity index is 790. The predicted octanol–water partition coefficient (Wildman–Crippen LogP) is 4.06. The molecule has 0 spiro atoms. The van der Waals surface area contributed by atoms with Crippen molar-refractivity contribution in [2.24, 2.45) is 0 Å². The van der Waals surface area contributed by atoms with Gasteiger partial charge in [0.1, 0.15) is 5.69 Å². The van der Waals surface area contributed by atoms with E-state index in [1.54, 1.807) is 12.1 Å². The molecule has 8 heteroatoms. The molecular formula is C14H9Cl2F2N3O. The van der Waals surface area contributed by atoms with Crippen molar-refractivity contribution in [1.82, 2.24) is 9.97 Å². The first-order valence-electron chi connectivity index (χ1n) is 6.30. The van der Waals surface area contributed by atoms with Crippen LogP contribution in [0.3, 0.4) is 0 Å². The second-order valence-electron chi connectivity index (χ2n) is 4.96. The first-order valence-corrected chi connectivity index (χ1v) is 7.05. The van der Waals surface area contributed by atoms with Crippen molar-refractivity contribution in [3.63, 3.8) is 0 Å². The van der Waals surface area contributed by atoms with Gasteiger partial charge in [0, 0.05) is 12.5 Å². The predicted molar refractivity (Wildman–Crippen MR) is 79.4 cm³/mol. The standard InChI is InChI=1S/C14H9Cl2F2N3O/c1-14(17,18)12-13(16)20-9(5-19-12)6-2-3-8(15)11-7(6)4-10(22)21-11/h2-3,5H,4H2,1H3,(H,21,22). The lowest BCUT2D eigenvalue weighted by Gasteiger charge is -2.13. The summed E-state index contributed by atoms with van der Waals surface area (Å²) in [6.07, 6.45) is 1.35. The van der Waals surface area contributed by atoms with Crippen molar-refractivity contribution in [1.29, 1.82) is 0 Å². The Hall–Kier alpha value is -1.79. The fourth-order valence-corrected chi connectivity index (χ4v) is 2.84. The van der Waals surface area contributed by atoms with Gasteiger partial charge in [-0.05, 0) is 11.6 Å². The minimum atomic E-state index is -3.18. The number of hydrogen-bond donors (Lipinski definition) is 1. The topological polar surface area (TPSA) is 54.9 Å². The molecule has 114 valence electrons. The molecule has 0 saturated carbocycles. The van der Waals surface area contributed by atoms with Crippen LogP contribution in [0.25, 0.3) is 11.3 Å². The van der Waals surface area contributed by atoms with E-state index in [0.717, 1.165) is 0 Å². The first kappa shape index (κ1) is 15.1. The molecule has 0 saturated heterocycles. The Morgan fingerprint density at radius 1 is 1.32 bits per heavy atom. The molecule has 4 nitrogen and oxygen atoms in total. The number of aromatic nitrogens is 2. The van der Waals surface area contributed by atoms with E-state index in [2.05, 4.69) is 15.3 Å². The monoisotopic (exact) mass is 343 g/mol. The molecule has 0 fully saturated rings. The van der Waals surface area contributed by atoms with Gasteiger partial charge in [-0.1, -0.05) is 29.3 Å². The van der Waals surface area contributed by atoms with E-state index in [9.17, 15) is 13.6 Å². The lowest BCUT2D eigenvalue weighted by atomic mass is 10.0. The number of nitrogens with zero attached hydrogens (tertiary/aromatic N) is 2. The van der Waals surface area contributed by atoms with Crippen molar-refractivity contribution in [2.45, 2.75) is 19.3 Å². The van der Waals surface area contributed by atoms with Gasteiger partial charge in [-0.3, -0.25) is 4.79 Å². The van der Waals surface area contributed by atoms with Gasteiger partial charge in [-0.15, -0.1) is 0 Å². The Labute approximate surface area is 134 Å². The van der Waals surface area contributed by atoms with Crippen LogP contribution in [0.15, 0.2) is 18.3 Å². The molecule has 22 heavy (non-hydrogen) atoms. The normalized spacial score (nSPS) is 14.0. The molecule has 1 aliphatic heterocycles. The molecular weight excluding hydrogens is 335 g/mol. The largest absolute Gasteiger partial charge is 0.324 e. The Kier molecular flexibility index (Phi) is 3.53. The summed E-state index contributed by atoms with van der Waals surface area (Å²) in [7, 11) is 0. The van der Waals surface area contributed by atoms with E-state index in [1.807, 2.05) is 0 Å². The zero-order valence-electron chi connectivity index (χ0n) is 11.3. The summed E-state index contributed by atoms with van der Waals surface area (Å²) in [5.74, 6) is -3.37. The summed E-state index contributed by atoms with van der Waals surface area (Å²) in [6, 6.07) is 3.25. The van der Waals surface area contributed by atoms with Gasteiger partial charge in [0.25, 0.3) is 5.92 Å². The second-order valence-corrected chi connectivity index (χ2v) is 5.72. The molecule has 1 aliphatic rings. The third-order valence-corrected chi connectivity index (χ3v) is 3.86. The van der Waals surface area contributed by atoms with Crippen LogP contribution in [-0.2, 0) is 17.1 Å². The fraction of sp³-hybridized carbons (Fsp3) is 0.214. The average molecular weight is 344 g/mol. The molecule has 1 aromatic heterocycles. The van der Waals surface area contributed by atoms with E-state index in [1.165, 1.54) is 6.20 Å². The molecule has 0 radical (unpaired) electrons. The van der Waals surface area contributed by atoms with E-state index < -0.39 is 11.6 Å². The van der Waals surface area contributed by atoms with E-state index in [-0.39, 0.29) is 17.5 Å². The maximum absolute atomic E-state index is 13.3. The summed E-state index contributed by atoms with van der Waals surface area (Å²) in [4.78, 5) is 19.3. The molecule has 1 N–H and O–H groups in total. The quantitative estimate of drug-likeness (QED) is 0.894. The molecule has 0 aliphatic carbocycles. The Balaban J connectivity index is 2.13. The molecule has 0 bridgehead atoms. The number of carbonyl (C=O) groups is 1. The van der Waals surface area contributed by atoms with Crippen molar-refractivity contribution in [2.75, 3.05) is 5.32 Å². The number of alkyl halides is 2. The highest BCUT2D eigenvalue weighted by Crippen LogP contribution is 2.38. The van der Waals surface area contributed by atoms with Crippen LogP contribution in [0.5, 0.6) is 0 Å². The number of hydrogen-bond acceptors (Lipinski definition) is 3. The van der Waals surface area contributed by atoms with Crippen LogP contribution < -0.4 is 5.32 Å². The van der Waals surface area contributed by atoms with Crippen LogP contribution in [0.2, 0.25) is 10.2 Å². The summed E-state index contributed by atoms with van der Waals surface area (Å²) < 4.78 is 26.6. The van der Waals surface area contributed by atoms with Gasteiger partial charge in [0.2, 0.25) is 5.91 Å². The number of carbonyl (C=O) groups excluding carboxylic acids is 1. The smallest absolute Gasteiger partial charge is 0.290 e. The number of amides is 1. The van der Waals surface area contributed by atoms with E-state index in [0.29, 0.717) is 34.5 Å². The maximum atomic E-state index is 13.3. The zero-order chi connectivity index (χ0) is 16.1. The first-order chi connectivity index (χ1) is 10.3. The highest BCUT2D eigenvalue weighted by atomic mass is 35.5. The third-order valence-electron chi connectivity index (χ3n) is 3.29. The zero-order valence-corrected chi connectivity index (χ0v) is 12.8. The molecule has 1 aromatic carbocycles. The van der Waals surface area contributed by atoms with Crippen molar-refractivity contribution in [3.05, 3.63) is 39.8 Å². The van der Waals surface area contributed by atoms with Gasteiger partial charge < -0.3 is 5.32 Å². The number of nitrogens with one attached hydrogen (secondary N) is 1. The molecule has 2 heterocycles. The highest BCUT2D eigenvalue weighted by Gasteiger charge is 2.31. The average Bonchev–Trinajstić information content (AvgIpc) is 2.80. The van der Waals surface area contributed by atoms with Crippen molar-refractivity contribution < 1.29 is 13.6 Å². The lowest BCUT2D eigenvalue weighted by Crippen LogP contribution is -2.11. The molecule has 2 aromatic rings. The van der Waals surface area contributed by atoms with Gasteiger partial charge in [-0.25, -0.2) is 9.97 Å². The van der Waals surface area contributed by atoms with Crippen molar-refractivity contribution >= 4 is 34.8 Å². The molecule has 0 atom stereocenters. The van der Waals surface area contributed by atoms with Gasteiger partial charge in [0.15, 0.2) is 5.15 Å². The highest BCUT2D eigenvalue weighted by molar-refractivity contribution is 6.34. The molecule has 3 rings (SSSR count). The van der Waals surface area contributed by atoms with E-state index in [4.69, 9.17) is 23.2 Å². The van der Waals surface area contributed by atoms with E-state index >= 15 is 0 Å². The lowest BCUT2D eigenvalue weighted by molar-refractivity contribution is -0.115. The van der Waals surface area contributed by atoms with Crippen LogP contribution in [-0.4, -0.2) is 15.9 Å². The summed E-state index contributed by atoms with van der Waals surface area (Å²) in [5, 5.41) is 2.69. The Morgan fingerprint density at radius 3 is 2.68 bits per heavy atom. The number of anilines is 1. The number of rotatable bonds is 2. The summed E-state index contributed by atoms with van der Waals surface area (Å²) in [5.41, 5.74) is 1.46. The van der Waals surface area contributed by atoms with Crippen LogP contribution >= 0.6 is 23.2 Å². The van der Waals surface area contributed by atoms with Crippen LogP contribution in [0.4, 0.5) is 14.5 Å². The van der Waals surface area contributed by atoms with Gasteiger partial charge >= 0.3 is 0 Å². The third kappa shape index (κ3) is 2.53. The van der Waals surface area contributed by atoms with Crippen molar-refractivity contribution in [3.8, 4) is 11.3 Å². The molecule has 0 unspecified atom stereocenters. The number of halogens is 4. The van der Waals surface area contributed by atoms with Gasteiger partial charge in [0.05, 0.1) is 29.0 Å². The minimum Gasteiger partial charge on any atom is -0.324 e. The maximum Gasteiger partial charge on any atom is 0.290 e. The SMILES string of the molecule is CC(F)(F)c1ncc(-c2ccc(Cl)c3c2CC(=O)N3)nc1Cl. The second kappa shape index (κ2) is 5.14.